The van der Waals surface area contributed by atoms with Crippen LogP contribution in [-0.4, -0.2) is 28.9 Å². The molecule has 2 heterocycles. The number of thiazole rings is 1. The molecule has 2 N–H and O–H groups in total. The molecule has 1 aromatic carbocycles. The van der Waals surface area contributed by atoms with E-state index in [1.807, 2.05) is 0 Å². The van der Waals surface area contributed by atoms with E-state index in [0.717, 1.165) is 31.6 Å². The molecular weight excluding hydrogens is 443 g/mol. The molecule has 0 aliphatic carbocycles. The van der Waals surface area contributed by atoms with Crippen LogP contribution in [0.5, 0.6) is 0 Å². The summed E-state index contributed by atoms with van der Waals surface area (Å²) >= 11 is 1.72. The van der Waals surface area contributed by atoms with Crippen LogP contribution in [0.4, 0.5) is 0 Å². The van der Waals surface area contributed by atoms with Gasteiger partial charge in [-0.1, -0.05) is 37.3 Å². The highest BCUT2D eigenvalue weighted by molar-refractivity contribution is 14.0. The van der Waals surface area contributed by atoms with Crippen LogP contribution >= 0.6 is 35.3 Å². The number of rotatable bonds is 5. The number of nitrogens with two attached hydrogens (primary N) is 1. The third-order valence-corrected chi connectivity index (χ3v) is 5.41. The molecule has 1 aliphatic heterocycles. The van der Waals surface area contributed by atoms with E-state index in [2.05, 4.69) is 52.5 Å². The topological polar surface area (TPSA) is 54.5 Å². The zero-order valence-electron chi connectivity index (χ0n) is 14.7. The predicted molar refractivity (Wildman–Crippen MR) is 117 cm³/mol. The van der Waals surface area contributed by atoms with Gasteiger partial charge in [-0.15, -0.1) is 35.3 Å². The average molecular weight is 470 g/mol. The Hall–Kier alpha value is -1.15. The van der Waals surface area contributed by atoms with Crippen molar-refractivity contribution in [2.24, 2.45) is 16.6 Å². The fourth-order valence-electron chi connectivity index (χ4n) is 3.09. The van der Waals surface area contributed by atoms with Gasteiger partial charge >= 0.3 is 0 Å². The lowest BCUT2D eigenvalue weighted by Gasteiger charge is -2.31. The summed E-state index contributed by atoms with van der Waals surface area (Å²) in [5.74, 6) is 1.37. The van der Waals surface area contributed by atoms with Crippen LogP contribution in [0.2, 0.25) is 0 Å². The molecular formula is C19H27IN4S. The molecule has 6 heteroatoms. The third kappa shape index (κ3) is 6.26. The van der Waals surface area contributed by atoms with Crippen LogP contribution in [-0.2, 0) is 19.4 Å². The SMILES string of the molecule is CC1CCCN(C(N)=NCc2csc(CCc3ccccc3)n2)C1.I. The fraction of sp³-hybridized carbons (Fsp3) is 0.474. The van der Waals surface area contributed by atoms with Gasteiger partial charge in [-0.05, 0) is 30.7 Å². The Bertz CT molecular complexity index is 671. The number of benzene rings is 1. The summed E-state index contributed by atoms with van der Waals surface area (Å²) in [7, 11) is 0. The molecule has 0 radical (unpaired) electrons. The quantitative estimate of drug-likeness (QED) is 0.407. The number of hydrogen-bond donors (Lipinski definition) is 1. The lowest BCUT2D eigenvalue weighted by atomic mass is 10.0. The van der Waals surface area contributed by atoms with E-state index in [4.69, 9.17) is 10.7 Å². The lowest BCUT2D eigenvalue weighted by Crippen LogP contribution is -2.43. The van der Waals surface area contributed by atoms with Crippen molar-refractivity contribution >= 4 is 41.3 Å². The standard InChI is InChI=1S/C19H26N4S.HI/c1-15-6-5-11-23(13-15)19(20)21-12-17-14-24-18(22-17)10-9-16-7-3-2-4-8-16;/h2-4,7-8,14-15H,5-6,9-13H2,1H3,(H2,20,21);1H. The van der Waals surface area contributed by atoms with Crippen molar-refractivity contribution in [1.29, 1.82) is 0 Å². The second-order valence-electron chi connectivity index (χ2n) is 6.59. The van der Waals surface area contributed by atoms with Gasteiger partial charge in [0.1, 0.15) is 0 Å². The highest BCUT2D eigenvalue weighted by Gasteiger charge is 2.17. The first-order valence-corrected chi connectivity index (χ1v) is 9.61. The van der Waals surface area contributed by atoms with Crippen molar-refractivity contribution in [3.63, 3.8) is 0 Å². The first kappa shape index (κ1) is 20.2. The summed E-state index contributed by atoms with van der Waals surface area (Å²) in [4.78, 5) is 11.4. The van der Waals surface area contributed by atoms with Crippen LogP contribution < -0.4 is 5.73 Å². The number of aryl methyl sites for hydroxylation is 2. The van der Waals surface area contributed by atoms with E-state index in [0.29, 0.717) is 18.4 Å². The van der Waals surface area contributed by atoms with Gasteiger partial charge in [-0.25, -0.2) is 9.98 Å². The Labute approximate surface area is 171 Å². The summed E-state index contributed by atoms with van der Waals surface area (Å²) in [6.07, 6.45) is 4.51. The zero-order chi connectivity index (χ0) is 16.8. The number of piperidine rings is 1. The largest absolute Gasteiger partial charge is 0.370 e. The van der Waals surface area contributed by atoms with E-state index in [1.165, 1.54) is 23.4 Å². The molecule has 1 aromatic heterocycles. The molecule has 3 rings (SSSR count). The molecule has 0 amide bonds. The Morgan fingerprint density at radius 3 is 2.88 bits per heavy atom. The summed E-state index contributed by atoms with van der Waals surface area (Å²) in [5, 5.41) is 3.28. The van der Waals surface area contributed by atoms with Crippen molar-refractivity contribution in [3.05, 3.63) is 52.0 Å². The van der Waals surface area contributed by atoms with Gasteiger partial charge < -0.3 is 10.6 Å². The maximum atomic E-state index is 6.15. The third-order valence-electron chi connectivity index (χ3n) is 4.45. The van der Waals surface area contributed by atoms with Crippen LogP contribution in [0.3, 0.4) is 0 Å². The molecule has 4 nitrogen and oxygen atoms in total. The fourth-order valence-corrected chi connectivity index (χ4v) is 3.88. The average Bonchev–Trinajstić information content (AvgIpc) is 3.07. The number of likely N-dealkylation sites (tertiary alicyclic amines) is 1. The predicted octanol–water partition coefficient (Wildman–Crippen LogP) is 4.09. The van der Waals surface area contributed by atoms with Gasteiger partial charge in [-0.2, -0.15) is 0 Å². The Morgan fingerprint density at radius 1 is 1.32 bits per heavy atom. The molecule has 1 saturated heterocycles. The van der Waals surface area contributed by atoms with Crippen LogP contribution in [0, 0.1) is 5.92 Å². The Kier molecular flexibility index (Phi) is 8.15. The first-order valence-electron chi connectivity index (χ1n) is 8.73. The van der Waals surface area contributed by atoms with Gasteiger partial charge in [0.2, 0.25) is 0 Å². The van der Waals surface area contributed by atoms with Gasteiger partial charge in [0.15, 0.2) is 5.96 Å². The molecule has 136 valence electrons. The van der Waals surface area contributed by atoms with Crippen molar-refractivity contribution in [1.82, 2.24) is 9.88 Å². The lowest BCUT2D eigenvalue weighted by molar-refractivity contribution is 0.270. The van der Waals surface area contributed by atoms with Crippen molar-refractivity contribution in [3.8, 4) is 0 Å². The van der Waals surface area contributed by atoms with Crippen LogP contribution in [0.15, 0.2) is 40.7 Å². The monoisotopic (exact) mass is 470 g/mol. The van der Waals surface area contributed by atoms with Crippen LogP contribution in [0.25, 0.3) is 0 Å². The summed E-state index contributed by atoms with van der Waals surface area (Å²) in [6, 6.07) is 10.6. The highest BCUT2D eigenvalue weighted by atomic mass is 127. The minimum absolute atomic E-state index is 0. The van der Waals surface area contributed by atoms with Gasteiger partial charge in [-0.3, -0.25) is 0 Å². The van der Waals surface area contributed by atoms with E-state index in [9.17, 15) is 0 Å². The maximum absolute atomic E-state index is 6.15. The molecule has 1 unspecified atom stereocenters. The summed E-state index contributed by atoms with van der Waals surface area (Å²) in [6.45, 7) is 4.91. The van der Waals surface area contributed by atoms with Gasteiger partial charge in [0.05, 0.1) is 17.2 Å². The van der Waals surface area contributed by atoms with Gasteiger partial charge in [0.25, 0.3) is 0 Å². The molecule has 0 saturated carbocycles. The summed E-state index contributed by atoms with van der Waals surface area (Å²) < 4.78 is 0. The van der Waals surface area contributed by atoms with E-state index in [1.54, 1.807) is 11.3 Å². The van der Waals surface area contributed by atoms with E-state index >= 15 is 0 Å². The smallest absolute Gasteiger partial charge is 0.191 e. The Morgan fingerprint density at radius 2 is 2.12 bits per heavy atom. The number of aliphatic imine (C=N–C) groups is 1. The van der Waals surface area contributed by atoms with E-state index in [-0.39, 0.29) is 24.0 Å². The maximum Gasteiger partial charge on any atom is 0.191 e. The second kappa shape index (κ2) is 10.1. The minimum Gasteiger partial charge on any atom is -0.370 e. The number of aromatic nitrogens is 1. The molecule has 1 atom stereocenters. The molecule has 25 heavy (non-hydrogen) atoms. The first-order chi connectivity index (χ1) is 11.7. The van der Waals surface area contributed by atoms with Crippen molar-refractivity contribution in [2.45, 2.75) is 39.2 Å². The number of hydrogen-bond acceptors (Lipinski definition) is 3. The van der Waals surface area contributed by atoms with E-state index < -0.39 is 0 Å². The molecule has 1 fully saturated rings. The van der Waals surface area contributed by atoms with Crippen LogP contribution in [0.1, 0.15) is 36.0 Å². The van der Waals surface area contributed by atoms with Gasteiger partial charge in [0, 0.05) is 24.9 Å². The summed E-state index contributed by atoms with van der Waals surface area (Å²) in [5.41, 5.74) is 8.53. The molecule has 1 aliphatic rings. The van der Waals surface area contributed by atoms with Crippen molar-refractivity contribution < 1.29 is 0 Å². The number of halogens is 1. The number of nitrogens with zero attached hydrogens (tertiary/aromatic N) is 3. The zero-order valence-corrected chi connectivity index (χ0v) is 17.9. The Balaban J connectivity index is 0.00000225. The van der Waals surface area contributed by atoms with Crippen molar-refractivity contribution in [2.75, 3.05) is 13.1 Å². The molecule has 2 aromatic rings. The highest BCUT2D eigenvalue weighted by Crippen LogP contribution is 2.16. The minimum atomic E-state index is 0. The number of guanidine groups is 1. The molecule has 0 spiro atoms. The molecule has 0 bridgehead atoms. The normalized spacial score (nSPS) is 18.0. The second-order valence-corrected chi connectivity index (χ2v) is 7.53.